The van der Waals surface area contributed by atoms with Crippen LogP contribution in [0.25, 0.3) is 0 Å². The quantitative estimate of drug-likeness (QED) is 0.365. The van der Waals surface area contributed by atoms with Crippen molar-refractivity contribution in [3.63, 3.8) is 0 Å². The molecule has 0 aromatic heterocycles. The van der Waals surface area contributed by atoms with Crippen molar-refractivity contribution in [3.05, 3.63) is 0 Å². The van der Waals surface area contributed by atoms with E-state index in [1.54, 1.807) is 0 Å². The topological polar surface area (TPSA) is 62.9 Å². The second-order valence-corrected chi connectivity index (χ2v) is 5.63. The number of hydrogen-bond donors (Lipinski definition) is 1. The monoisotopic (exact) mass is 195 g/mol. The van der Waals surface area contributed by atoms with E-state index in [0.29, 0.717) is 6.54 Å². The van der Waals surface area contributed by atoms with Crippen molar-refractivity contribution in [2.45, 2.75) is 19.0 Å². The lowest BCUT2D eigenvalue weighted by Gasteiger charge is -2.21. The summed E-state index contributed by atoms with van der Waals surface area (Å²) >= 11 is 0. The van der Waals surface area contributed by atoms with E-state index in [1.807, 2.05) is 6.55 Å². The summed E-state index contributed by atoms with van der Waals surface area (Å²) in [6.45, 7) is 2.47. The van der Waals surface area contributed by atoms with Crippen LogP contribution in [0.1, 0.15) is 6.42 Å². The number of rotatable bonds is 7. The Morgan fingerprint density at radius 1 is 1.17 bits per heavy atom. The second-order valence-electron chi connectivity index (χ2n) is 2.53. The molecular formula is C6H17NO4Si. The molecular weight excluding hydrogens is 178 g/mol. The minimum Gasteiger partial charge on any atom is -0.330 e. The van der Waals surface area contributed by atoms with Crippen LogP contribution in [0.4, 0.5) is 0 Å². The van der Waals surface area contributed by atoms with E-state index in [0.717, 1.165) is 12.5 Å². The Kier molecular flexibility index (Phi) is 6.53. The van der Waals surface area contributed by atoms with E-state index in [4.69, 9.17) is 14.9 Å². The van der Waals surface area contributed by atoms with Gasteiger partial charge in [0.2, 0.25) is 0 Å². The molecule has 0 radical (unpaired) electrons. The molecule has 74 valence electrons. The zero-order valence-corrected chi connectivity index (χ0v) is 8.83. The van der Waals surface area contributed by atoms with Crippen LogP contribution < -0.4 is 5.73 Å². The highest BCUT2D eigenvalue weighted by Crippen LogP contribution is 2.15. The summed E-state index contributed by atoms with van der Waals surface area (Å²) in [6, 6.07) is 0.755. The standard InChI is InChI=1S/C6H17NO4Si/c1-8-10-12(3,11-9-2)6-4-5-7/h4-7H2,1-3H3. The van der Waals surface area contributed by atoms with Gasteiger partial charge in [0.15, 0.2) is 0 Å². The Labute approximate surface area is 73.8 Å². The fourth-order valence-corrected chi connectivity index (χ4v) is 2.62. The zero-order valence-electron chi connectivity index (χ0n) is 7.83. The number of nitrogens with two attached hydrogens (primary N) is 1. The van der Waals surface area contributed by atoms with Crippen LogP contribution >= 0.6 is 0 Å². The summed E-state index contributed by atoms with van der Waals surface area (Å²) in [6.07, 6.45) is 0.843. The van der Waals surface area contributed by atoms with Crippen LogP contribution in [0.3, 0.4) is 0 Å². The van der Waals surface area contributed by atoms with Crippen molar-refractivity contribution in [2.24, 2.45) is 5.73 Å². The highest BCUT2D eigenvalue weighted by atomic mass is 28.4. The molecule has 0 spiro atoms. The maximum Gasteiger partial charge on any atom is 0.406 e. The average molecular weight is 195 g/mol. The molecule has 0 aromatic rings. The molecule has 0 fully saturated rings. The molecule has 2 N–H and O–H groups in total. The van der Waals surface area contributed by atoms with Gasteiger partial charge in [-0.3, -0.25) is 0 Å². The van der Waals surface area contributed by atoms with Gasteiger partial charge in [-0.1, -0.05) is 0 Å². The molecule has 0 aliphatic rings. The van der Waals surface area contributed by atoms with Crippen molar-refractivity contribution in [1.82, 2.24) is 0 Å². The molecule has 6 heteroatoms. The minimum absolute atomic E-state index is 0.614. The molecule has 12 heavy (non-hydrogen) atoms. The van der Waals surface area contributed by atoms with Crippen molar-refractivity contribution in [1.29, 1.82) is 0 Å². The van der Waals surface area contributed by atoms with Gasteiger partial charge in [0.05, 0.1) is 14.2 Å². The molecule has 0 aliphatic heterocycles. The first-order valence-corrected chi connectivity index (χ1v) is 6.34. The van der Waals surface area contributed by atoms with Gasteiger partial charge in [-0.15, -0.1) is 0 Å². The average Bonchev–Trinajstić information content (AvgIpc) is 2.02. The van der Waals surface area contributed by atoms with Crippen LogP contribution in [0.2, 0.25) is 12.6 Å². The third-order valence-electron chi connectivity index (χ3n) is 1.35. The molecule has 0 bridgehead atoms. The molecule has 0 unspecified atom stereocenters. The normalized spacial score (nSPS) is 12.0. The van der Waals surface area contributed by atoms with E-state index in [1.165, 1.54) is 14.2 Å². The highest BCUT2D eigenvalue weighted by molar-refractivity contribution is 6.65. The molecule has 0 rings (SSSR count). The van der Waals surface area contributed by atoms with Gasteiger partial charge >= 0.3 is 8.56 Å². The van der Waals surface area contributed by atoms with Crippen LogP contribution in [0, 0.1) is 0 Å². The van der Waals surface area contributed by atoms with Gasteiger partial charge in [0.1, 0.15) is 0 Å². The zero-order chi connectivity index (χ0) is 9.45. The van der Waals surface area contributed by atoms with E-state index >= 15 is 0 Å². The summed E-state index contributed by atoms with van der Waals surface area (Å²) < 4.78 is 10.0. The van der Waals surface area contributed by atoms with Crippen molar-refractivity contribution >= 4 is 8.56 Å². The number of hydrogen-bond acceptors (Lipinski definition) is 5. The van der Waals surface area contributed by atoms with Crippen molar-refractivity contribution in [3.8, 4) is 0 Å². The smallest absolute Gasteiger partial charge is 0.330 e. The molecule has 5 nitrogen and oxygen atoms in total. The molecule has 0 heterocycles. The Morgan fingerprint density at radius 2 is 1.67 bits per heavy atom. The molecule has 0 saturated heterocycles. The lowest BCUT2D eigenvalue weighted by atomic mass is 10.5. The van der Waals surface area contributed by atoms with Crippen LogP contribution in [-0.2, 0) is 18.9 Å². The summed E-state index contributed by atoms with van der Waals surface area (Å²) in [5.41, 5.74) is 5.36. The summed E-state index contributed by atoms with van der Waals surface area (Å²) in [5, 5.41) is 0. The lowest BCUT2D eigenvalue weighted by molar-refractivity contribution is -0.269. The highest BCUT2D eigenvalue weighted by Gasteiger charge is 2.34. The van der Waals surface area contributed by atoms with E-state index in [2.05, 4.69) is 9.78 Å². The van der Waals surface area contributed by atoms with E-state index in [-0.39, 0.29) is 0 Å². The van der Waals surface area contributed by atoms with E-state index < -0.39 is 8.56 Å². The first-order chi connectivity index (χ1) is 5.68. The molecule has 0 saturated carbocycles. The minimum atomic E-state index is -2.29. The van der Waals surface area contributed by atoms with Crippen LogP contribution in [-0.4, -0.2) is 29.3 Å². The molecule has 0 aliphatic carbocycles. The Hall–Kier alpha value is 0.0169. The fourth-order valence-electron chi connectivity index (χ4n) is 0.873. The van der Waals surface area contributed by atoms with Gasteiger partial charge in [-0.2, -0.15) is 0 Å². The molecule has 0 amide bonds. The predicted molar refractivity (Wildman–Crippen MR) is 46.3 cm³/mol. The Balaban J connectivity index is 3.80. The van der Waals surface area contributed by atoms with Crippen molar-refractivity contribution < 1.29 is 18.9 Å². The van der Waals surface area contributed by atoms with Gasteiger partial charge in [-0.05, 0) is 25.6 Å². The molecule has 0 aromatic carbocycles. The van der Waals surface area contributed by atoms with E-state index in [9.17, 15) is 0 Å². The molecule has 0 atom stereocenters. The van der Waals surface area contributed by atoms with Crippen molar-refractivity contribution in [2.75, 3.05) is 20.8 Å². The first-order valence-electron chi connectivity index (χ1n) is 3.82. The second kappa shape index (κ2) is 6.52. The largest absolute Gasteiger partial charge is 0.406 e. The van der Waals surface area contributed by atoms with Crippen LogP contribution in [0.15, 0.2) is 0 Å². The third kappa shape index (κ3) is 4.81. The van der Waals surface area contributed by atoms with Gasteiger partial charge in [0.25, 0.3) is 0 Å². The fraction of sp³-hybridized carbons (Fsp3) is 1.00. The van der Waals surface area contributed by atoms with Gasteiger partial charge in [0, 0.05) is 0 Å². The summed E-state index contributed by atoms with van der Waals surface area (Å²) in [7, 11) is 0.607. The SMILES string of the molecule is COO[Si](C)(CCCN)OOC. The predicted octanol–water partition coefficient (Wildman–Crippen LogP) is 0.563. The lowest BCUT2D eigenvalue weighted by Crippen LogP contribution is -2.38. The third-order valence-corrected chi connectivity index (χ3v) is 3.65. The summed E-state index contributed by atoms with van der Waals surface area (Å²) in [5.74, 6) is 0. The Morgan fingerprint density at radius 3 is 2.00 bits per heavy atom. The Bertz CT molecular complexity index is 108. The maximum absolute atomic E-state index is 5.36. The van der Waals surface area contributed by atoms with Crippen LogP contribution in [0.5, 0.6) is 0 Å². The maximum atomic E-state index is 5.36. The summed E-state index contributed by atoms with van der Waals surface area (Å²) in [4.78, 5) is 9.14. The first kappa shape index (κ1) is 12.0. The van der Waals surface area contributed by atoms with Gasteiger partial charge < -0.3 is 5.73 Å². The van der Waals surface area contributed by atoms with Gasteiger partial charge in [-0.25, -0.2) is 18.9 Å².